The predicted octanol–water partition coefficient (Wildman–Crippen LogP) is 1.25. The van der Waals surface area contributed by atoms with Gasteiger partial charge in [-0.05, 0) is 26.3 Å². The summed E-state index contributed by atoms with van der Waals surface area (Å²) in [6, 6.07) is 2.06. The lowest BCUT2D eigenvalue weighted by molar-refractivity contribution is -0.130. The molecule has 0 aromatic rings. The van der Waals surface area contributed by atoms with Gasteiger partial charge in [0.25, 0.3) is 0 Å². The Kier molecular flexibility index (Phi) is 6.26. The van der Waals surface area contributed by atoms with Crippen molar-refractivity contribution >= 4 is 5.91 Å². The zero-order valence-electron chi connectivity index (χ0n) is 12.3. The van der Waals surface area contributed by atoms with Gasteiger partial charge in [-0.2, -0.15) is 5.26 Å². The zero-order valence-corrected chi connectivity index (χ0v) is 12.3. The Bertz CT molecular complexity index is 340. The number of carbonyl (C=O) groups excluding carboxylic acids is 1. The number of rotatable bonds is 6. The first kappa shape index (κ1) is 15.9. The van der Waals surface area contributed by atoms with Gasteiger partial charge in [0, 0.05) is 40.2 Å². The molecule has 1 atom stereocenters. The molecule has 108 valence electrons. The lowest BCUT2D eigenvalue weighted by atomic mass is 9.94. The fraction of sp³-hybridized carbons (Fsp3) is 0.857. The average molecular weight is 267 g/mol. The van der Waals surface area contributed by atoms with E-state index in [1.165, 1.54) is 0 Å². The summed E-state index contributed by atoms with van der Waals surface area (Å²) in [6.07, 6.45) is 3.11. The number of ether oxygens (including phenoxy) is 1. The van der Waals surface area contributed by atoms with Crippen LogP contribution in [0.1, 0.15) is 32.6 Å². The minimum absolute atomic E-state index is 0.0754. The van der Waals surface area contributed by atoms with E-state index in [1.54, 1.807) is 19.1 Å². The molecule has 5 nitrogen and oxygen atoms in total. The Hall–Kier alpha value is -1.12. The molecule has 0 aliphatic carbocycles. The molecule has 1 heterocycles. The number of piperidine rings is 1. The molecule has 0 spiro atoms. The molecule has 0 aromatic heterocycles. The molecule has 0 bridgehead atoms. The number of methoxy groups -OCH3 is 1. The third-order valence-corrected chi connectivity index (χ3v) is 3.86. The highest BCUT2D eigenvalue weighted by Gasteiger charge is 2.30. The third-order valence-electron chi connectivity index (χ3n) is 3.86. The van der Waals surface area contributed by atoms with Crippen LogP contribution < -0.4 is 0 Å². The van der Waals surface area contributed by atoms with E-state index in [1.807, 2.05) is 0 Å². The lowest BCUT2D eigenvalue weighted by Crippen LogP contribution is -2.48. The summed E-state index contributed by atoms with van der Waals surface area (Å²) in [7, 11) is 3.51. The van der Waals surface area contributed by atoms with Gasteiger partial charge in [-0.15, -0.1) is 0 Å². The van der Waals surface area contributed by atoms with Crippen molar-refractivity contribution in [3.05, 3.63) is 0 Å². The van der Waals surface area contributed by atoms with Gasteiger partial charge in [0.15, 0.2) is 0 Å². The van der Waals surface area contributed by atoms with Gasteiger partial charge in [0.05, 0.1) is 18.1 Å². The van der Waals surface area contributed by atoms with E-state index >= 15 is 0 Å². The van der Waals surface area contributed by atoms with E-state index in [4.69, 9.17) is 10.00 Å². The maximum Gasteiger partial charge on any atom is 0.223 e. The summed E-state index contributed by atoms with van der Waals surface area (Å²) >= 11 is 0. The van der Waals surface area contributed by atoms with Gasteiger partial charge in [-0.3, -0.25) is 9.69 Å². The summed E-state index contributed by atoms with van der Waals surface area (Å²) < 4.78 is 5.54. The fourth-order valence-corrected chi connectivity index (χ4v) is 2.45. The maximum absolute atomic E-state index is 11.9. The standard InChI is InChI=1S/C14H25N3O2/c1-14(19-3)7-4-10-17(12-14)11-6-13(18)16(2)9-5-8-15/h4-7,9-12H2,1-3H3. The Morgan fingerprint density at radius 2 is 2.32 bits per heavy atom. The van der Waals surface area contributed by atoms with Crippen molar-refractivity contribution in [1.29, 1.82) is 5.26 Å². The van der Waals surface area contributed by atoms with E-state index < -0.39 is 0 Å². The van der Waals surface area contributed by atoms with Crippen LogP contribution in [-0.4, -0.2) is 61.6 Å². The molecule has 0 saturated carbocycles. The van der Waals surface area contributed by atoms with E-state index in [9.17, 15) is 4.79 Å². The highest BCUT2D eigenvalue weighted by atomic mass is 16.5. The van der Waals surface area contributed by atoms with E-state index in [0.717, 1.165) is 32.5 Å². The Morgan fingerprint density at radius 3 is 2.95 bits per heavy atom. The topological polar surface area (TPSA) is 56.6 Å². The molecule has 19 heavy (non-hydrogen) atoms. The minimum atomic E-state index is -0.0754. The lowest BCUT2D eigenvalue weighted by Gasteiger charge is -2.39. The second-order valence-corrected chi connectivity index (χ2v) is 5.51. The minimum Gasteiger partial charge on any atom is -0.377 e. The summed E-state index contributed by atoms with van der Waals surface area (Å²) in [5, 5.41) is 8.51. The van der Waals surface area contributed by atoms with Crippen LogP contribution in [0.15, 0.2) is 0 Å². The highest BCUT2D eigenvalue weighted by Crippen LogP contribution is 2.23. The molecule has 1 aliphatic heterocycles. The molecule has 5 heteroatoms. The number of hydrogen-bond acceptors (Lipinski definition) is 4. The van der Waals surface area contributed by atoms with Gasteiger partial charge >= 0.3 is 0 Å². The van der Waals surface area contributed by atoms with Crippen LogP contribution in [0.3, 0.4) is 0 Å². The molecule has 0 N–H and O–H groups in total. The summed E-state index contributed by atoms with van der Waals surface area (Å²) in [6.45, 7) is 5.34. The summed E-state index contributed by atoms with van der Waals surface area (Å²) in [5.74, 6) is 0.111. The molecule has 1 saturated heterocycles. The van der Waals surface area contributed by atoms with Gasteiger partial charge in [-0.1, -0.05) is 0 Å². The first-order valence-electron chi connectivity index (χ1n) is 6.89. The van der Waals surface area contributed by atoms with Crippen LogP contribution in [0, 0.1) is 11.3 Å². The largest absolute Gasteiger partial charge is 0.377 e. The Balaban J connectivity index is 2.32. The fourth-order valence-electron chi connectivity index (χ4n) is 2.45. The molecule has 1 rings (SSSR count). The first-order chi connectivity index (χ1) is 9.00. The maximum atomic E-state index is 11.9. The molecular weight excluding hydrogens is 242 g/mol. The second kappa shape index (κ2) is 7.46. The average Bonchev–Trinajstić information content (AvgIpc) is 2.42. The monoisotopic (exact) mass is 267 g/mol. The summed E-state index contributed by atoms with van der Waals surface area (Å²) in [5.41, 5.74) is -0.0754. The Morgan fingerprint density at radius 1 is 1.58 bits per heavy atom. The van der Waals surface area contributed by atoms with Crippen LogP contribution in [0.25, 0.3) is 0 Å². The molecule has 0 aromatic carbocycles. The number of hydrogen-bond donors (Lipinski definition) is 0. The second-order valence-electron chi connectivity index (χ2n) is 5.51. The third kappa shape index (κ3) is 5.17. The molecular formula is C14H25N3O2. The quantitative estimate of drug-likeness (QED) is 0.727. The smallest absolute Gasteiger partial charge is 0.223 e. The van der Waals surface area contributed by atoms with E-state index in [2.05, 4.69) is 17.9 Å². The SMILES string of the molecule is COC1(C)CCCN(CCC(=O)N(C)CCC#N)C1. The number of likely N-dealkylation sites (tertiary alicyclic amines) is 1. The number of nitriles is 1. The van der Waals surface area contributed by atoms with Gasteiger partial charge in [0.1, 0.15) is 0 Å². The van der Waals surface area contributed by atoms with E-state index in [-0.39, 0.29) is 11.5 Å². The van der Waals surface area contributed by atoms with Crippen molar-refractivity contribution in [3.8, 4) is 6.07 Å². The molecule has 1 amide bonds. The number of carbonyl (C=O) groups is 1. The van der Waals surface area contributed by atoms with Crippen molar-refractivity contribution < 1.29 is 9.53 Å². The van der Waals surface area contributed by atoms with Crippen molar-refractivity contribution in [2.75, 3.05) is 40.3 Å². The van der Waals surface area contributed by atoms with Crippen LogP contribution in [0.4, 0.5) is 0 Å². The van der Waals surface area contributed by atoms with Crippen LogP contribution in [0.5, 0.6) is 0 Å². The predicted molar refractivity (Wildman–Crippen MR) is 73.6 cm³/mol. The van der Waals surface area contributed by atoms with Crippen molar-refractivity contribution in [2.24, 2.45) is 0 Å². The first-order valence-corrected chi connectivity index (χ1v) is 6.89. The van der Waals surface area contributed by atoms with Crippen molar-refractivity contribution in [1.82, 2.24) is 9.80 Å². The molecule has 1 aliphatic rings. The van der Waals surface area contributed by atoms with Crippen LogP contribution in [0.2, 0.25) is 0 Å². The van der Waals surface area contributed by atoms with Crippen LogP contribution >= 0.6 is 0 Å². The summed E-state index contributed by atoms with van der Waals surface area (Å²) in [4.78, 5) is 15.8. The van der Waals surface area contributed by atoms with Crippen molar-refractivity contribution in [3.63, 3.8) is 0 Å². The normalized spacial score (nSPS) is 23.9. The zero-order chi connectivity index (χ0) is 14.3. The molecule has 0 radical (unpaired) electrons. The van der Waals surface area contributed by atoms with Crippen LogP contribution in [-0.2, 0) is 9.53 Å². The number of amides is 1. The Labute approximate surface area is 116 Å². The number of nitrogens with zero attached hydrogens (tertiary/aromatic N) is 3. The molecule has 1 unspecified atom stereocenters. The van der Waals surface area contributed by atoms with E-state index in [0.29, 0.717) is 19.4 Å². The van der Waals surface area contributed by atoms with Gasteiger partial charge in [0.2, 0.25) is 5.91 Å². The highest BCUT2D eigenvalue weighted by molar-refractivity contribution is 5.76. The molecule has 1 fully saturated rings. The van der Waals surface area contributed by atoms with Gasteiger partial charge in [-0.25, -0.2) is 0 Å². The van der Waals surface area contributed by atoms with Gasteiger partial charge < -0.3 is 9.64 Å². The van der Waals surface area contributed by atoms with Crippen molar-refractivity contribution in [2.45, 2.75) is 38.2 Å².